The quantitative estimate of drug-likeness (QED) is 0.831. The molecule has 0 aromatic rings. The minimum Gasteiger partial charge on any atom is -0.314 e. The van der Waals surface area contributed by atoms with Crippen molar-refractivity contribution in [3.63, 3.8) is 0 Å². The fraction of sp³-hybridized carbons (Fsp3) is 1.00. The zero-order chi connectivity index (χ0) is 14.7. The third kappa shape index (κ3) is 4.95. The van der Waals surface area contributed by atoms with Gasteiger partial charge in [-0.15, -0.1) is 0 Å². The van der Waals surface area contributed by atoms with Gasteiger partial charge in [-0.2, -0.15) is 13.2 Å². The van der Waals surface area contributed by atoms with Gasteiger partial charge in [-0.05, 0) is 38.3 Å². The molecule has 0 saturated carbocycles. The molecule has 0 aliphatic carbocycles. The van der Waals surface area contributed by atoms with Gasteiger partial charge in [0.25, 0.3) is 0 Å². The molecule has 2 unspecified atom stereocenters. The average Bonchev–Trinajstić information content (AvgIpc) is 2.28. The number of alkyl halides is 3. The molecule has 1 N–H and O–H groups in total. The Labute approximate surface area is 114 Å². The summed E-state index contributed by atoms with van der Waals surface area (Å²) < 4.78 is 38.4. The van der Waals surface area contributed by atoms with Gasteiger partial charge < -0.3 is 10.2 Å². The first-order valence-corrected chi connectivity index (χ1v) is 7.19. The minimum atomic E-state index is -4.05. The first-order valence-electron chi connectivity index (χ1n) is 7.19. The maximum absolute atomic E-state index is 12.8. The number of likely N-dealkylation sites (tertiary alicyclic amines) is 1. The Kier molecular flexibility index (Phi) is 5.68. The Morgan fingerprint density at radius 2 is 1.95 bits per heavy atom. The van der Waals surface area contributed by atoms with E-state index in [4.69, 9.17) is 0 Å². The van der Waals surface area contributed by atoms with Crippen molar-refractivity contribution in [1.82, 2.24) is 10.2 Å². The first kappa shape index (κ1) is 16.8. The van der Waals surface area contributed by atoms with Gasteiger partial charge in [0.1, 0.15) is 0 Å². The zero-order valence-corrected chi connectivity index (χ0v) is 12.5. The molecule has 1 aliphatic heterocycles. The van der Waals surface area contributed by atoms with Crippen LogP contribution in [0.15, 0.2) is 0 Å². The van der Waals surface area contributed by atoms with E-state index in [9.17, 15) is 13.2 Å². The van der Waals surface area contributed by atoms with Crippen LogP contribution >= 0.6 is 0 Å². The summed E-state index contributed by atoms with van der Waals surface area (Å²) in [5.74, 6) is -1.15. The predicted octanol–water partition coefficient (Wildman–Crippen LogP) is 3.28. The van der Waals surface area contributed by atoms with E-state index >= 15 is 0 Å². The Bertz CT molecular complexity index is 276. The van der Waals surface area contributed by atoms with Crippen LogP contribution in [0.5, 0.6) is 0 Å². The van der Waals surface area contributed by atoms with Crippen molar-refractivity contribution in [2.24, 2.45) is 11.3 Å². The molecule has 0 amide bonds. The van der Waals surface area contributed by atoms with E-state index in [0.717, 1.165) is 13.1 Å². The molecule has 2 nitrogen and oxygen atoms in total. The molecule has 114 valence electrons. The van der Waals surface area contributed by atoms with E-state index in [-0.39, 0.29) is 18.4 Å². The van der Waals surface area contributed by atoms with Crippen molar-refractivity contribution < 1.29 is 13.2 Å². The predicted molar refractivity (Wildman–Crippen MR) is 72.1 cm³/mol. The van der Waals surface area contributed by atoms with Crippen LogP contribution < -0.4 is 5.32 Å². The lowest BCUT2D eigenvalue weighted by atomic mass is 9.83. The summed E-state index contributed by atoms with van der Waals surface area (Å²) in [7, 11) is 0. The second-order valence-electron chi connectivity index (χ2n) is 6.38. The summed E-state index contributed by atoms with van der Waals surface area (Å²) in [5, 5.41) is 3.37. The van der Waals surface area contributed by atoms with Crippen LogP contribution in [0.2, 0.25) is 0 Å². The molecule has 0 bridgehead atoms. The lowest BCUT2D eigenvalue weighted by Crippen LogP contribution is -2.50. The number of hydrogen-bond donors (Lipinski definition) is 1. The Morgan fingerprint density at radius 3 is 2.47 bits per heavy atom. The molecule has 1 rings (SSSR count). The first-order chi connectivity index (χ1) is 8.66. The largest absolute Gasteiger partial charge is 0.393 e. The third-order valence-electron chi connectivity index (χ3n) is 4.28. The van der Waals surface area contributed by atoms with Crippen molar-refractivity contribution in [2.75, 3.05) is 26.2 Å². The van der Waals surface area contributed by atoms with E-state index < -0.39 is 12.1 Å². The fourth-order valence-electron chi connectivity index (χ4n) is 2.76. The molecular weight excluding hydrogens is 253 g/mol. The molecule has 0 spiro atoms. The highest BCUT2D eigenvalue weighted by molar-refractivity contribution is 4.86. The van der Waals surface area contributed by atoms with Crippen molar-refractivity contribution in [3.8, 4) is 0 Å². The van der Waals surface area contributed by atoms with Crippen molar-refractivity contribution >= 4 is 0 Å². The highest BCUT2D eigenvalue weighted by Gasteiger charge is 2.42. The Morgan fingerprint density at radius 1 is 1.32 bits per heavy atom. The van der Waals surface area contributed by atoms with Crippen LogP contribution in [0.25, 0.3) is 0 Å². The number of nitrogens with zero attached hydrogens (tertiary/aromatic N) is 1. The SMILES string of the molecule is CCNC(C)C(C)(C)CN1CCCC(C(F)(F)F)C1. The van der Waals surface area contributed by atoms with Crippen LogP contribution in [-0.2, 0) is 0 Å². The maximum Gasteiger partial charge on any atom is 0.393 e. The molecular formula is C14H27F3N2. The second-order valence-corrected chi connectivity index (χ2v) is 6.38. The topological polar surface area (TPSA) is 15.3 Å². The highest BCUT2D eigenvalue weighted by Crippen LogP contribution is 2.34. The number of rotatable bonds is 5. The Hall–Kier alpha value is -0.290. The van der Waals surface area contributed by atoms with Gasteiger partial charge in [0.15, 0.2) is 0 Å². The fourth-order valence-corrected chi connectivity index (χ4v) is 2.76. The molecule has 1 aliphatic rings. The van der Waals surface area contributed by atoms with Gasteiger partial charge >= 0.3 is 6.18 Å². The summed E-state index contributed by atoms with van der Waals surface area (Å²) in [5.41, 5.74) is -0.0243. The van der Waals surface area contributed by atoms with Gasteiger partial charge in [-0.1, -0.05) is 20.8 Å². The van der Waals surface area contributed by atoms with Crippen LogP contribution in [0.4, 0.5) is 13.2 Å². The van der Waals surface area contributed by atoms with Crippen LogP contribution in [-0.4, -0.2) is 43.3 Å². The Balaban J connectivity index is 2.56. The van der Waals surface area contributed by atoms with Crippen molar-refractivity contribution in [2.45, 2.75) is 52.8 Å². The molecule has 5 heteroatoms. The maximum atomic E-state index is 12.8. The lowest BCUT2D eigenvalue weighted by Gasteiger charge is -2.41. The summed E-state index contributed by atoms with van der Waals surface area (Å²) in [4.78, 5) is 1.98. The van der Waals surface area contributed by atoms with Gasteiger partial charge in [-0.3, -0.25) is 0 Å². The highest BCUT2D eigenvalue weighted by atomic mass is 19.4. The molecule has 19 heavy (non-hydrogen) atoms. The number of nitrogens with one attached hydrogen (secondary N) is 1. The second kappa shape index (κ2) is 6.44. The summed E-state index contributed by atoms with van der Waals surface area (Å²) >= 11 is 0. The van der Waals surface area contributed by atoms with Gasteiger partial charge in [0, 0.05) is 19.1 Å². The smallest absolute Gasteiger partial charge is 0.314 e. The molecule has 1 heterocycles. The summed E-state index contributed by atoms with van der Waals surface area (Å²) in [6, 6.07) is 0.295. The average molecular weight is 280 g/mol. The number of halogens is 3. The van der Waals surface area contributed by atoms with Crippen molar-refractivity contribution in [3.05, 3.63) is 0 Å². The van der Waals surface area contributed by atoms with Crippen LogP contribution in [0.3, 0.4) is 0 Å². The minimum absolute atomic E-state index is 0.0243. The molecule has 0 radical (unpaired) electrons. The van der Waals surface area contributed by atoms with Crippen molar-refractivity contribution in [1.29, 1.82) is 0 Å². The van der Waals surface area contributed by atoms with E-state index in [0.29, 0.717) is 19.0 Å². The van der Waals surface area contributed by atoms with Gasteiger partial charge in [0.05, 0.1) is 5.92 Å². The van der Waals surface area contributed by atoms with Gasteiger partial charge in [0.2, 0.25) is 0 Å². The molecule has 0 aromatic carbocycles. The monoisotopic (exact) mass is 280 g/mol. The van der Waals surface area contributed by atoms with E-state index in [1.807, 2.05) is 11.8 Å². The van der Waals surface area contributed by atoms with E-state index in [1.54, 1.807) is 0 Å². The van der Waals surface area contributed by atoms with Gasteiger partial charge in [-0.25, -0.2) is 0 Å². The van der Waals surface area contributed by atoms with E-state index in [1.165, 1.54) is 0 Å². The van der Waals surface area contributed by atoms with Crippen LogP contribution in [0.1, 0.15) is 40.5 Å². The summed E-state index contributed by atoms with van der Waals surface area (Å²) in [6.45, 7) is 10.9. The number of hydrogen-bond acceptors (Lipinski definition) is 2. The summed E-state index contributed by atoms with van der Waals surface area (Å²) in [6.07, 6.45) is -3.12. The van der Waals surface area contributed by atoms with Crippen LogP contribution in [0, 0.1) is 11.3 Å². The zero-order valence-electron chi connectivity index (χ0n) is 12.5. The van der Waals surface area contributed by atoms with E-state index in [2.05, 4.69) is 26.1 Å². The molecule has 0 aromatic heterocycles. The molecule has 1 fully saturated rings. The lowest BCUT2D eigenvalue weighted by molar-refractivity contribution is -0.187. The normalized spacial score (nSPS) is 24.5. The number of piperidine rings is 1. The molecule has 2 atom stereocenters. The third-order valence-corrected chi connectivity index (χ3v) is 4.28. The standard InChI is InChI=1S/C14H27F3N2/c1-5-18-11(2)13(3,4)10-19-8-6-7-12(9-19)14(15,16)17/h11-12,18H,5-10H2,1-4H3. The molecule has 1 saturated heterocycles.